The van der Waals surface area contributed by atoms with Crippen LogP contribution in [0.15, 0.2) is 72.8 Å². The number of carbonyl (C=O) groups is 2. The molecule has 0 bridgehead atoms. The third-order valence-corrected chi connectivity index (χ3v) is 24.4. The molecular formula is C22H18BiCl3O4. The summed E-state index contributed by atoms with van der Waals surface area (Å²) >= 11 is 12.5. The maximum absolute atomic E-state index is 12.5. The third kappa shape index (κ3) is 4.09. The Morgan fingerprint density at radius 1 is 0.567 bits per heavy atom. The molecule has 3 aromatic carbocycles. The van der Waals surface area contributed by atoms with Crippen LogP contribution in [-0.2, 0) is 15.2 Å². The minimum atomic E-state index is -5.89. The zero-order valence-electron chi connectivity index (χ0n) is 16.1. The third-order valence-electron chi connectivity index (χ3n) is 4.49. The molecule has 0 aromatic heterocycles. The summed E-state index contributed by atoms with van der Waals surface area (Å²) in [5.41, 5.74) is 0. The van der Waals surface area contributed by atoms with Crippen molar-refractivity contribution in [3.8, 4) is 0 Å². The van der Waals surface area contributed by atoms with Crippen molar-refractivity contribution in [2.24, 2.45) is 0 Å². The molecule has 0 spiro atoms. The molecule has 0 aliphatic carbocycles. The van der Waals surface area contributed by atoms with E-state index in [4.69, 9.17) is 40.4 Å². The molecule has 0 heterocycles. The van der Waals surface area contributed by atoms with Crippen LogP contribution in [0.1, 0.15) is 13.8 Å². The molecule has 30 heavy (non-hydrogen) atoms. The monoisotopic (exact) mass is 660 g/mol. The molecule has 3 rings (SSSR count). The molecule has 4 nitrogen and oxygen atoms in total. The number of benzene rings is 3. The number of rotatable bonds is 5. The van der Waals surface area contributed by atoms with E-state index in [1.165, 1.54) is 13.8 Å². The first kappa shape index (κ1) is 23.0. The average molecular weight is 662 g/mol. The summed E-state index contributed by atoms with van der Waals surface area (Å²) in [4.78, 5) is 25.1. The molecule has 3 aromatic rings. The van der Waals surface area contributed by atoms with Crippen LogP contribution in [0.3, 0.4) is 0 Å². The van der Waals surface area contributed by atoms with E-state index in [9.17, 15) is 9.59 Å². The zero-order valence-corrected chi connectivity index (χ0v) is 21.9. The van der Waals surface area contributed by atoms with Gasteiger partial charge in [-0.25, -0.2) is 0 Å². The summed E-state index contributed by atoms with van der Waals surface area (Å²) < 4.78 is 14.1. The first-order valence-corrected chi connectivity index (χ1v) is 18.1. The Morgan fingerprint density at radius 3 is 1.00 bits per heavy atom. The van der Waals surface area contributed by atoms with E-state index < -0.39 is 31.6 Å². The topological polar surface area (TPSA) is 52.6 Å². The number of halogens is 3. The van der Waals surface area contributed by atoms with Crippen LogP contribution in [-0.4, -0.2) is 31.6 Å². The van der Waals surface area contributed by atoms with E-state index in [-0.39, 0.29) is 0 Å². The second-order valence-corrected chi connectivity index (χ2v) is 22.7. The van der Waals surface area contributed by atoms with Crippen molar-refractivity contribution in [1.82, 2.24) is 0 Å². The van der Waals surface area contributed by atoms with Crippen molar-refractivity contribution in [1.29, 1.82) is 0 Å². The number of hydrogen-bond acceptors (Lipinski definition) is 4. The number of carbonyl (C=O) groups excluding carboxylic acids is 2. The van der Waals surface area contributed by atoms with Gasteiger partial charge in [0.1, 0.15) is 0 Å². The first-order valence-electron chi connectivity index (χ1n) is 8.88. The fraction of sp³-hybridized carbons (Fsp3) is 0.0909. The molecule has 0 unspecified atom stereocenters. The van der Waals surface area contributed by atoms with Gasteiger partial charge in [0.05, 0.1) is 0 Å². The van der Waals surface area contributed by atoms with Crippen LogP contribution in [0.4, 0.5) is 0 Å². The molecule has 0 aliphatic heterocycles. The Hall–Kier alpha value is -1.65. The van der Waals surface area contributed by atoms with E-state index in [2.05, 4.69) is 0 Å². The van der Waals surface area contributed by atoms with Crippen molar-refractivity contribution >= 4 is 76.2 Å². The molecular weight excluding hydrogens is 644 g/mol. The van der Waals surface area contributed by atoms with Crippen molar-refractivity contribution in [2.75, 3.05) is 0 Å². The predicted octanol–water partition coefficient (Wildman–Crippen LogP) is 4.19. The predicted molar refractivity (Wildman–Crippen MR) is 123 cm³/mol. The van der Waals surface area contributed by atoms with Crippen molar-refractivity contribution in [3.63, 3.8) is 0 Å². The van der Waals surface area contributed by atoms with E-state index in [1.807, 2.05) is 0 Å². The van der Waals surface area contributed by atoms with Gasteiger partial charge in [0.25, 0.3) is 0 Å². The van der Waals surface area contributed by atoms with E-state index in [1.54, 1.807) is 72.8 Å². The van der Waals surface area contributed by atoms with Gasteiger partial charge in [0.2, 0.25) is 0 Å². The molecule has 0 saturated carbocycles. The van der Waals surface area contributed by atoms with E-state index in [0.29, 0.717) is 24.9 Å². The van der Waals surface area contributed by atoms with Crippen LogP contribution in [0.25, 0.3) is 0 Å². The normalized spacial score (nSPS) is 12.5. The summed E-state index contributed by atoms with van der Waals surface area (Å²) in [6.45, 7) is 2.58. The van der Waals surface area contributed by atoms with Crippen LogP contribution in [0, 0.1) is 0 Å². The van der Waals surface area contributed by atoms with Gasteiger partial charge in [-0.05, 0) is 0 Å². The van der Waals surface area contributed by atoms with Crippen LogP contribution >= 0.6 is 34.8 Å². The first-order chi connectivity index (χ1) is 14.2. The Kier molecular flexibility index (Phi) is 6.79. The van der Waals surface area contributed by atoms with E-state index in [0.717, 1.165) is 0 Å². The standard InChI is InChI=1S/3C6H4Cl.2C2H4O2.Bi/c3*7-6-4-2-1-3-5-6;2*1-2(3)4;/h3*2-5H;2*1H3,(H,3,4);/q;;;;;+2/p-2. The summed E-state index contributed by atoms with van der Waals surface area (Å²) in [6.07, 6.45) is 0. The van der Waals surface area contributed by atoms with Gasteiger partial charge in [-0.1, -0.05) is 0 Å². The van der Waals surface area contributed by atoms with Gasteiger partial charge in [0, 0.05) is 0 Å². The summed E-state index contributed by atoms with van der Waals surface area (Å²) in [5.74, 6) is -1.16. The fourth-order valence-corrected chi connectivity index (χ4v) is 21.7. The van der Waals surface area contributed by atoms with Crippen molar-refractivity contribution in [2.45, 2.75) is 13.8 Å². The SMILES string of the molecule is CC(=O)[O][Bi]([O]C(C)=O)([c]1ccc(Cl)cc1)([c]1ccc(Cl)cc1)[c]1ccc(Cl)cc1. The van der Waals surface area contributed by atoms with Crippen LogP contribution < -0.4 is 9.81 Å². The van der Waals surface area contributed by atoms with Gasteiger partial charge < -0.3 is 0 Å². The Bertz CT molecular complexity index is 947. The zero-order chi connectivity index (χ0) is 22.0. The molecule has 0 saturated heterocycles. The maximum atomic E-state index is 12.5. The Morgan fingerprint density at radius 2 is 0.800 bits per heavy atom. The van der Waals surface area contributed by atoms with E-state index >= 15 is 0 Å². The van der Waals surface area contributed by atoms with Gasteiger partial charge in [-0.3, -0.25) is 0 Å². The molecule has 0 atom stereocenters. The average Bonchev–Trinajstić information content (AvgIpc) is 2.68. The van der Waals surface area contributed by atoms with Crippen LogP contribution in [0.5, 0.6) is 0 Å². The van der Waals surface area contributed by atoms with Crippen molar-refractivity contribution < 1.29 is 15.2 Å². The fourth-order valence-electron chi connectivity index (χ4n) is 3.41. The quantitative estimate of drug-likeness (QED) is 0.385. The molecule has 0 radical (unpaired) electrons. The molecule has 156 valence electrons. The summed E-state index contributed by atoms with van der Waals surface area (Å²) in [6, 6.07) is 20.4. The molecule has 0 amide bonds. The minimum absolute atomic E-state index is 0.493. The molecule has 0 aliphatic rings. The second-order valence-electron chi connectivity index (χ2n) is 6.55. The molecule has 0 N–H and O–H groups in total. The molecule has 0 fully saturated rings. The van der Waals surface area contributed by atoms with Gasteiger partial charge in [-0.15, -0.1) is 0 Å². The second kappa shape index (κ2) is 8.84. The number of hydrogen-bond donors (Lipinski definition) is 0. The van der Waals surface area contributed by atoms with Crippen molar-refractivity contribution in [3.05, 3.63) is 87.9 Å². The van der Waals surface area contributed by atoms with Gasteiger partial charge >= 0.3 is 193 Å². The molecule has 8 heteroatoms. The Balaban J connectivity index is 2.57. The van der Waals surface area contributed by atoms with Gasteiger partial charge in [0.15, 0.2) is 0 Å². The Labute approximate surface area is 192 Å². The summed E-state index contributed by atoms with van der Waals surface area (Å²) in [5, 5.41) is 1.48. The van der Waals surface area contributed by atoms with Gasteiger partial charge in [-0.2, -0.15) is 0 Å². The summed E-state index contributed by atoms with van der Waals surface area (Å²) in [7, 11) is 0. The van der Waals surface area contributed by atoms with Crippen LogP contribution in [0.2, 0.25) is 15.1 Å².